The lowest BCUT2D eigenvalue weighted by Gasteiger charge is -2.28. The van der Waals surface area contributed by atoms with Gasteiger partial charge in [-0.2, -0.15) is 0 Å². The molecule has 0 atom stereocenters. The Labute approximate surface area is 333 Å². The molecule has 12 rings (SSSR count). The van der Waals surface area contributed by atoms with Crippen LogP contribution in [0.15, 0.2) is 213 Å². The molecule has 0 bridgehead atoms. The van der Waals surface area contributed by atoms with Gasteiger partial charge in [-0.1, -0.05) is 152 Å². The molecule has 0 aliphatic rings. The molecule has 272 valence electrons. The van der Waals surface area contributed by atoms with E-state index in [1.165, 1.54) is 0 Å². The Balaban J connectivity index is 1.07. The molecule has 3 aromatic heterocycles. The van der Waals surface area contributed by atoms with E-state index in [4.69, 9.17) is 13.3 Å². The summed E-state index contributed by atoms with van der Waals surface area (Å²) in [5, 5.41) is 6.40. The van der Waals surface area contributed by atoms with E-state index < -0.39 is 0 Å². The first-order chi connectivity index (χ1) is 28.8. The fourth-order valence-electron chi connectivity index (χ4n) is 8.92. The van der Waals surface area contributed by atoms with Crippen LogP contribution in [-0.2, 0) is 0 Å². The molecule has 58 heavy (non-hydrogen) atoms. The Morgan fingerprint density at radius 1 is 0.310 bits per heavy atom. The molecule has 12 aromatic rings. The largest absolute Gasteiger partial charge is 0.456 e. The molecule has 0 unspecified atom stereocenters. The number of nitrogens with zero attached hydrogens (tertiary/aromatic N) is 1. The van der Waals surface area contributed by atoms with Gasteiger partial charge in [0.05, 0.1) is 11.4 Å². The molecule has 0 N–H and O–H groups in total. The third-order valence-electron chi connectivity index (χ3n) is 11.5. The number of para-hydroxylation sites is 4. The molecule has 0 aliphatic carbocycles. The number of anilines is 3. The third-order valence-corrected chi connectivity index (χ3v) is 11.5. The van der Waals surface area contributed by atoms with Gasteiger partial charge >= 0.3 is 0 Å². The smallest absolute Gasteiger partial charge is 0.159 e. The minimum absolute atomic E-state index is 0.834. The van der Waals surface area contributed by atoms with Crippen LogP contribution in [-0.4, -0.2) is 0 Å². The second-order valence-electron chi connectivity index (χ2n) is 14.8. The van der Waals surface area contributed by atoms with Crippen molar-refractivity contribution < 1.29 is 13.3 Å². The lowest BCUT2D eigenvalue weighted by atomic mass is 9.94. The van der Waals surface area contributed by atoms with Crippen LogP contribution < -0.4 is 4.90 Å². The standard InChI is InChI=1S/C54H33NO3/c1-3-15-34(16-4-1)38-19-7-10-24-44(38)55(45-25-13-23-41-40-20-8-11-26-46(40)57-53(41)45)37-31-29-35(30-32-37)39-22-14-28-48-51(39)43-33-49-52(42-21-9-12-27-47(42)56-49)50(54(43)58-48)36-17-5-2-6-18-36/h1-33H. The van der Waals surface area contributed by atoms with E-state index in [1.807, 2.05) is 30.3 Å². The summed E-state index contributed by atoms with van der Waals surface area (Å²) in [4.78, 5) is 2.33. The maximum atomic E-state index is 6.86. The van der Waals surface area contributed by atoms with Gasteiger partial charge in [-0.25, -0.2) is 0 Å². The van der Waals surface area contributed by atoms with Gasteiger partial charge < -0.3 is 18.2 Å². The summed E-state index contributed by atoms with van der Waals surface area (Å²) in [7, 11) is 0. The topological polar surface area (TPSA) is 42.7 Å². The van der Waals surface area contributed by atoms with Crippen molar-refractivity contribution in [1.29, 1.82) is 0 Å². The van der Waals surface area contributed by atoms with Crippen LogP contribution in [0.4, 0.5) is 17.1 Å². The number of rotatable bonds is 6. The highest BCUT2D eigenvalue weighted by molar-refractivity contribution is 6.25. The van der Waals surface area contributed by atoms with Gasteiger partial charge in [-0.3, -0.25) is 0 Å². The van der Waals surface area contributed by atoms with Crippen LogP contribution >= 0.6 is 0 Å². The number of furan rings is 3. The highest BCUT2D eigenvalue weighted by Crippen LogP contribution is 2.48. The summed E-state index contributed by atoms with van der Waals surface area (Å²) in [6, 6.07) is 70.0. The van der Waals surface area contributed by atoms with Gasteiger partial charge in [0.2, 0.25) is 0 Å². The molecular formula is C54H33NO3. The average Bonchev–Trinajstić information content (AvgIpc) is 3.98. The van der Waals surface area contributed by atoms with Crippen molar-refractivity contribution in [2.75, 3.05) is 4.90 Å². The molecule has 4 heteroatoms. The van der Waals surface area contributed by atoms with E-state index >= 15 is 0 Å². The average molecular weight is 744 g/mol. The second-order valence-corrected chi connectivity index (χ2v) is 14.8. The Hall–Kier alpha value is -7.82. The summed E-state index contributed by atoms with van der Waals surface area (Å²) in [5.41, 5.74) is 14.7. The van der Waals surface area contributed by atoms with Crippen molar-refractivity contribution >= 4 is 82.9 Å². The van der Waals surface area contributed by atoms with Crippen LogP contribution in [0.2, 0.25) is 0 Å². The van der Waals surface area contributed by atoms with Crippen LogP contribution in [0, 0.1) is 0 Å². The monoisotopic (exact) mass is 743 g/mol. The van der Waals surface area contributed by atoms with E-state index in [9.17, 15) is 0 Å². The fourth-order valence-corrected chi connectivity index (χ4v) is 8.92. The van der Waals surface area contributed by atoms with E-state index in [2.05, 4.69) is 175 Å². The highest BCUT2D eigenvalue weighted by Gasteiger charge is 2.24. The van der Waals surface area contributed by atoms with Crippen molar-refractivity contribution in [3.8, 4) is 33.4 Å². The minimum Gasteiger partial charge on any atom is -0.456 e. The fraction of sp³-hybridized carbons (Fsp3) is 0. The van der Waals surface area contributed by atoms with E-state index in [1.54, 1.807) is 0 Å². The van der Waals surface area contributed by atoms with Crippen LogP contribution in [0.5, 0.6) is 0 Å². The second kappa shape index (κ2) is 12.9. The molecule has 0 saturated carbocycles. The molecule has 0 radical (unpaired) electrons. The number of fused-ring (bicyclic) bond motifs is 9. The summed E-state index contributed by atoms with van der Waals surface area (Å²) >= 11 is 0. The predicted octanol–water partition coefficient (Wildman–Crippen LogP) is 15.9. The van der Waals surface area contributed by atoms with Gasteiger partial charge in [-0.05, 0) is 70.8 Å². The first kappa shape index (κ1) is 32.4. The Morgan fingerprint density at radius 2 is 0.879 bits per heavy atom. The highest BCUT2D eigenvalue weighted by atomic mass is 16.3. The van der Waals surface area contributed by atoms with Crippen molar-refractivity contribution in [2.24, 2.45) is 0 Å². The van der Waals surface area contributed by atoms with Crippen molar-refractivity contribution in [3.05, 3.63) is 200 Å². The van der Waals surface area contributed by atoms with E-state index in [0.717, 1.165) is 116 Å². The zero-order chi connectivity index (χ0) is 38.2. The zero-order valence-corrected chi connectivity index (χ0v) is 31.2. The number of hydrogen-bond donors (Lipinski definition) is 0. The Morgan fingerprint density at radius 3 is 1.69 bits per heavy atom. The number of benzene rings is 9. The predicted molar refractivity (Wildman–Crippen MR) is 239 cm³/mol. The Kier molecular flexibility index (Phi) is 7.20. The van der Waals surface area contributed by atoms with Crippen molar-refractivity contribution in [3.63, 3.8) is 0 Å². The van der Waals surface area contributed by atoms with Gasteiger partial charge in [0.1, 0.15) is 27.9 Å². The molecule has 0 aliphatic heterocycles. The quantitative estimate of drug-likeness (QED) is 0.170. The van der Waals surface area contributed by atoms with Gasteiger partial charge in [0.25, 0.3) is 0 Å². The SMILES string of the molecule is c1ccc(-c2ccccc2N(c2ccc(-c3cccc4oc5c(-c6ccccc6)c6c(cc5c34)oc3ccccc36)cc2)c2cccc3c2oc2ccccc23)cc1. The summed E-state index contributed by atoms with van der Waals surface area (Å²) < 4.78 is 20.1. The lowest BCUT2D eigenvalue weighted by molar-refractivity contribution is 0.664. The summed E-state index contributed by atoms with van der Waals surface area (Å²) in [6.07, 6.45) is 0. The third kappa shape index (κ3) is 4.95. The maximum absolute atomic E-state index is 6.86. The van der Waals surface area contributed by atoms with Crippen LogP contribution in [0.3, 0.4) is 0 Å². The molecule has 3 heterocycles. The van der Waals surface area contributed by atoms with Crippen LogP contribution in [0.25, 0.3) is 99.2 Å². The van der Waals surface area contributed by atoms with Gasteiger partial charge in [-0.15, -0.1) is 0 Å². The Bertz CT molecular complexity index is 3500. The van der Waals surface area contributed by atoms with Crippen LogP contribution in [0.1, 0.15) is 0 Å². The lowest BCUT2D eigenvalue weighted by Crippen LogP contribution is -2.11. The van der Waals surface area contributed by atoms with E-state index in [-0.39, 0.29) is 0 Å². The molecular weight excluding hydrogens is 711 g/mol. The van der Waals surface area contributed by atoms with Crippen molar-refractivity contribution in [1.82, 2.24) is 0 Å². The summed E-state index contributed by atoms with van der Waals surface area (Å²) in [5.74, 6) is 0. The molecule has 0 amide bonds. The zero-order valence-electron chi connectivity index (χ0n) is 31.2. The molecule has 9 aromatic carbocycles. The maximum Gasteiger partial charge on any atom is 0.159 e. The minimum atomic E-state index is 0.834. The first-order valence-corrected chi connectivity index (χ1v) is 19.6. The molecule has 0 spiro atoms. The number of hydrogen-bond acceptors (Lipinski definition) is 4. The first-order valence-electron chi connectivity index (χ1n) is 19.6. The normalized spacial score (nSPS) is 11.8. The van der Waals surface area contributed by atoms with Gasteiger partial charge in [0, 0.05) is 49.1 Å². The molecule has 4 nitrogen and oxygen atoms in total. The molecule has 0 saturated heterocycles. The summed E-state index contributed by atoms with van der Waals surface area (Å²) in [6.45, 7) is 0. The van der Waals surface area contributed by atoms with Gasteiger partial charge in [0.15, 0.2) is 5.58 Å². The molecule has 0 fully saturated rings. The van der Waals surface area contributed by atoms with Crippen molar-refractivity contribution in [2.45, 2.75) is 0 Å². The van der Waals surface area contributed by atoms with E-state index in [0.29, 0.717) is 0 Å².